The van der Waals surface area contributed by atoms with Crippen LogP contribution in [0.4, 0.5) is 0 Å². The molecule has 3 nitrogen and oxygen atoms in total. The van der Waals surface area contributed by atoms with E-state index in [0.717, 1.165) is 0 Å². The first kappa shape index (κ1) is 10.1. The molecule has 10 heavy (non-hydrogen) atoms. The molecule has 0 radical (unpaired) electrons. The van der Waals surface area contributed by atoms with Crippen LogP contribution < -0.4 is 5.73 Å². The van der Waals surface area contributed by atoms with Gasteiger partial charge in [0.1, 0.15) is 0 Å². The van der Waals surface area contributed by atoms with Gasteiger partial charge in [-0.25, -0.2) is 0 Å². The van der Waals surface area contributed by atoms with Crippen LogP contribution in [-0.4, -0.2) is 28.2 Å². The van der Waals surface area contributed by atoms with Gasteiger partial charge in [0.25, 0.3) is 0 Å². The Kier molecular flexibility index (Phi) is 5.91. The van der Waals surface area contributed by atoms with E-state index in [1.165, 1.54) is 0 Å². The van der Waals surface area contributed by atoms with Crippen LogP contribution in [0, 0.1) is 0 Å². The highest BCUT2D eigenvalue weighted by Gasteiger charge is 2.16. The molecule has 1 atom stereocenters. The van der Waals surface area contributed by atoms with Gasteiger partial charge in [-0.2, -0.15) is 0 Å². The van der Waals surface area contributed by atoms with E-state index >= 15 is 0 Å². The minimum absolute atomic E-state index is 0.0832. The second-order valence-corrected chi connectivity index (χ2v) is 4.59. The molecule has 4 heteroatoms. The van der Waals surface area contributed by atoms with Crippen LogP contribution in [0.1, 0.15) is 20.8 Å². The van der Waals surface area contributed by atoms with E-state index in [0.29, 0.717) is 13.2 Å². The monoisotopic (exact) mass is 163 g/mol. The first-order chi connectivity index (χ1) is 4.72. The van der Waals surface area contributed by atoms with Gasteiger partial charge in [-0.3, -0.25) is 0 Å². The average Bonchev–Trinajstić information content (AvgIpc) is 1.87. The van der Waals surface area contributed by atoms with Crippen LogP contribution in [0.25, 0.3) is 0 Å². The summed E-state index contributed by atoms with van der Waals surface area (Å²) >= 11 is 0. The Labute approximate surface area is 64.4 Å². The lowest BCUT2D eigenvalue weighted by molar-refractivity contribution is 0.206. The fourth-order valence-electron chi connectivity index (χ4n) is 0.680. The standard InChI is InChI=1S/C6H17NO2Si/c1-4-8-10(6(3)7)9-5-2/h6,10H,4-5,7H2,1-3H3. The lowest BCUT2D eigenvalue weighted by Crippen LogP contribution is -2.41. The van der Waals surface area contributed by atoms with Gasteiger partial charge in [0.05, 0.1) is 0 Å². The average molecular weight is 163 g/mol. The van der Waals surface area contributed by atoms with Crippen LogP contribution in [-0.2, 0) is 8.85 Å². The molecular weight excluding hydrogens is 146 g/mol. The molecule has 0 saturated heterocycles. The molecule has 0 amide bonds. The zero-order valence-corrected chi connectivity index (χ0v) is 8.12. The summed E-state index contributed by atoms with van der Waals surface area (Å²) in [6.45, 7) is 7.27. The Morgan fingerprint density at radius 3 is 1.90 bits per heavy atom. The zero-order valence-electron chi connectivity index (χ0n) is 6.96. The van der Waals surface area contributed by atoms with Crippen molar-refractivity contribution in [1.29, 1.82) is 0 Å². The van der Waals surface area contributed by atoms with Crippen molar-refractivity contribution in [2.24, 2.45) is 5.73 Å². The molecule has 0 aromatic heterocycles. The fourth-order valence-corrected chi connectivity index (χ4v) is 2.04. The van der Waals surface area contributed by atoms with E-state index in [9.17, 15) is 0 Å². The summed E-state index contributed by atoms with van der Waals surface area (Å²) in [5, 5.41) is 0. The summed E-state index contributed by atoms with van der Waals surface area (Å²) in [6.07, 6.45) is 0. The van der Waals surface area contributed by atoms with Crippen molar-refractivity contribution in [3.8, 4) is 0 Å². The van der Waals surface area contributed by atoms with E-state index in [2.05, 4.69) is 0 Å². The molecular formula is C6H17NO2Si. The number of hydrogen-bond donors (Lipinski definition) is 1. The summed E-state index contributed by atoms with van der Waals surface area (Å²) in [5.41, 5.74) is 5.70. The molecule has 0 bridgehead atoms. The van der Waals surface area contributed by atoms with E-state index in [-0.39, 0.29) is 5.67 Å². The third kappa shape index (κ3) is 4.00. The van der Waals surface area contributed by atoms with Crippen molar-refractivity contribution in [2.75, 3.05) is 13.2 Å². The fraction of sp³-hybridized carbons (Fsp3) is 1.00. The third-order valence-electron chi connectivity index (χ3n) is 1.09. The molecule has 0 aliphatic heterocycles. The number of hydrogen-bond acceptors (Lipinski definition) is 3. The predicted molar refractivity (Wildman–Crippen MR) is 44.1 cm³/mol. The highest BCUT2D eigenvalue weighted by Crippen LogP contribution is 1.93. The van der Waals surface area contributed by atoms with Crippen LogP contribution in [0.5, 0.6) is 0 Å². The lowest BCUT2D eigenvalue weighted by Gasteiger charge is -2.17. The summed E-state index contributed by atoms with van der Waals surface area (Å²) in [7, 11) is -1.53. The summed E-state index contributed by atoms with van der Waals surface area (Å²) in [5.74, 6) is 0. The van der Waals surface area contributed by atoms with Crippen molar-refractivity contribution in [1.82, 2.24) is 0 Å². The van der Waals surface area contributed by atoms with E-state index in [4.69, 9.17) is 14.6 Å². The molecule has 2 N–H and O–H groups in total. The lowest BCUT2D eigenvalue weighted by atomic mass is 10.8. The zero-order chi connectivity index (χ0) is 7.98. The van der Waals surface area contributed by atoms with Crippen molar-refractivity contribution in [3.05, 3.63) is 0 Å². The molecule has 0 fully saturated rings. The number of nitrogens with two attached hydrogens (primary N) is 1. The molecule has 0 aliphatic rings. The maximum atomic E-state index is 5.62. The van der Waals surface area contributed by atoms with Gasteiger partial charge >= 0.3 is 9.28 Å². The van der Waals surface area contributed by atoms with Gasteiger partial charge in [-0.15, -0.1) is 0 Å². The van der Waals surface area contributed by atoms with Gasteiger partial charge in [-0.1, -0.05) is 0 Å². The summed E-state index contributed by atoms with van der Waals surface area (Å²) < 4.78 is 10.7. The maximum Gasteiger partial charge on any atom is 0.338 e. The van der Waals surface area contributed by atoms with Crippen molar-refractivity contribution >= 4 is 9.28 Å². The Morgan fingerprint density at radius 2 is 1.70 bits per heavy atom. The van der Waals surface area contributed by atoms with Gasteiger partial charge in [0, 0.05) is 18.9 Å². The quantitative estimate of drug-likeness (QED) is 0.587. The van der Waals surface area contributed by atoms with E-state index in [1.807, 2.05) is 20.8 Å². The molecule has 0 aliphatic carbocycles. The molecule has 0 rings (SSSR count). The predicted octanol–water partition coefficient (Wildman–Crippen LogP) is 0.166. The highest BCUT2D eigenvalue weighted by molar-refractivity contribution is 6.46. The molecule has 0 heterocycles. The maximum absolute atomic E-state index is 5.62. The highest BCUT2D eigenvalue weighted by atomic mass is 28.3. The largest absolute Gasteiger partial charge is 0.396 e. The molecule has 1 unspecified atom stereocenters. The second kappa shape index (κ2) is 5.85. The van der Waals surface area contributed by atoms with Crippen molar-refractivity contribution in [3.63, 3.8) is 0 Å². The van der Waals surface area contributed by atoms with Gasteiger partial charge in [-0.05, 0) is 20.8 Å². The minimum atomic E-state index is -1.53. The normalized spacial score (nSPS) is 14.1. The van der Waals surface area contributed by atoms with Gasteiger partial charge < -0.3 is 14.6 Å². The summed E-state index contributed by atoms with van der Waals surface area (Å²) in [4.78, 5) is 0. The van der Waals surface area contributed by atoms with Crippen LogP contribution in [0.15, 0.2) is 0 Å². The van der Waals surface area contributed by atoms with Crippen LogP contribution >= 0.6 is 0 Å². The molecule has 0 saturated carbocycles. The Hall–Kier alpha value is 0.0969. The Balaban J connectivity index is 3.50. The molecule has 0 aromatic rings. The van der Waals surface area contributed by atoms with Crippen molar-refractivity contribution in [2.45, 2.75) is 26.4 Å². The van der Waals surface area contributed by atoms with E-state index < -0.39 is 9.28 Å². The SMILES string of the molecule is CCO[SiH](OCC)C(C)N. The smallest absolute Gasteiger partial charge is 0.338 e. The minimum Gasteiger partial charge on any atom is -0.396 e. The second-order valence-electron chi connectivity index (χ2n) is 2.14. The third-order valence-corrected chi connectivity index (χ3v) is 3.27. The summed E-state index contributed by atoms with van der Waals surface area (Å²) in [6, 6.07) is 0. The first-order valence-corrected chi connectivity index (χ1v) is 5.32. The first-order valence-electron chi connectivity index (χ1n) is 3.71. The van der Waals surface area contributed by atoms with Gasteiger partial charge in [0.15, 0.2) is 0 Å². The van der Waals surface area contributed by atoms with E-state index in [1.54, 1.807) is 0 Å². The number of rotatable bonds is 5. The van der Waals surface area contributed by atoms with Crippen LogP contribution in [0.3, 0.4) is 0 Å². The Bertz CT molecular complexity index is 74.1. The van der Waals surface area contributed by atoms with Crippen molar-refractivity contribution < 1.29 is 8.85 Å². The van der Waals surface area contributed by atoms with Crippen LogP contribution in [0.2, 0.25) is 0 Å². The van der Waals surface area contributed by atoms with Gasteiger partial charge in [0.2, 0.25) is 0 Å². The Morgan fingerprint density at radius 1 is 1.30 bits per heavy atom. The molecule has 62 valence electrons. The molecule has 0 spiro atoms. The topological polar surface area (TPSA) is 44.5 Å². The molecule has 0 aromatic carbocycles.